The lowest BCUT2D eigenvalue weighted by molar-refractivity contribution is -0.0308. The average Bonchev–Trinajstić information content (AvgIpc) is 2.32. The fourth-order valence-corrected chi connectivity index (χ4v) is 2.58. The summed E-state index contributed by atoms with van der Waals surface area (Å²) >= 11 is 0. The van der Waals surface area contributed by atoms with Crippen molar-refractivity contribution < 1.29 is 14.9 Å². The minimum absolute atomic E-state index is 0.0250. The molecule has 0 bridgehead atoms. The number of phenolic OH excluding ortho intramolecular Hbond substituents is 2. The third kappa shape index (κ3) is 2.44. The summed E-state index contributed by atoms with van der Waals surface area (Å²) in [5.74, 6) is 0.423. The van der Waals surface area contributed by atoms with E-state index < -0.39 is 0 Å². The molecule has 0 saturated heterocycles. The van der Waals surface area contributed by atoms with Gasteiger partial charge in [-0.2, -0.15) is 0 Å². The summed E-state index contributed by atoms with van der Waals surface area (Å²) in [5.41, 5.74) is 7.41. The van der Waals surface area contributed by atoms with Gasteiger partial charge < -0.3 is 20.7 Å². The molecule has 4 nitrogen and oxygen atoms in total. The molecular weight excluding hydrogens is 230 g/mol. The topological polar surface area (TPSA) is 75.7 Å². The second-order valence-corrected chi connectivity index (χ2v) is 5.32. The molecular formula is C14H21NO3. The summed E-state index contributed by atoms with van der Waals surface area (Å²) in [5, 5.41) is 19.5. The zero-order valence-electron chi connectivity index (χ0n) is 10.9. The first-order chi connectivity index (χ1) is 8.52. The Morgan fingerprint density at radius 1 is 1.39 bits per heavy atom. The van der Waals surface area contributed by atoms with Gasteiger partial charge in [0.05, 0.1) is 12.2 Å². The lowest BCUT2D eigenvalue weighted by Crippen LogP contribution is -2.31. The van der Waals surface area contributed by atoms with Crippen molar-refractivity contribution in [2.75, 3.05) is 6.54 Å². The fraction of sp³-hybridized carbons (Fsp3) is 0.571. The molecule has 4 heteroatoms. The molecule has 0 aliphatic carbocycles. The third-order valence-corrected chi connectivity index (χ3v) is 3.38. The number of benzene rings is 1. The predicted molar refractivity (Wildman–Crippen MR) is 69.6 cm³/mol. The van der Waals surface area contributed by atoms with Crippen LogP contribution in [0.4, 0.5) is 0 Å². The van der Waals surface area contributed by atoms with Crippen molar-refractivity contribution >= 4 is 0 Å². The van der Waals surface area contributed by atoms with E-state index in [4.69, 9.17) is 10.5 Å². The summed E-state index contributed by atoms with van der Waals surface area (Å²) in [6.07, 6.45) is 1.41. The molecule has 2 unspecified atom stereocenters. The lowest BCUT2D eigenvalue weighted by atomic mass is 9.90. The number of hydrogen-bond donors (Lipinski definition) is 3. The second-order valence-electron chi connectivity index (χ2n) is 5.32. The second kappa shape index (κ2) is 5.16. The highest BCUT2D eigenvalue weighted by atomic mass is 16.5. The molecule has 0 fully saturated rings. The molecule has 0 saturated carbocycles. The van der Waals surface area contributed by atoms with Crippen LogP contribution in [0.1, 0.15) is 37.5 Å². The van der Waals surface area contributed by atoms with Gasteiger partial charge in [-0.05, 0) is 24.0 Å². The molecule has 2 atom stereocenters. The van der Waals surface area contributed by atoms with Crippen molar-refractivity contribution in [3.63, 3.8) is 0 Å². The normalized spacial score (nSPS) is 23.1. The highest BCUT2D eigenvalue weighted by molar-refractivity contribution is 5.50. The maximum atomic E-state index is 9.96. The van der Waals surface area contributed by atoms with E-state index >= 15 is 0 Å². The summed E-state index contributed by atoms with van der Waals surface area (Å²) in [6.45, 7) is 4.66. The van der Waals surface area contributed by atoms with E-state index in [1.807, 2.05) is 0 Å². The zero-order valence-corrected chi connectivity index (χ0v) is 10.9. The first-order valence-corrected chi connectivity index (χ1v) is 6.42. The zero-order chi connectivity index (χ0) is 13.3. The van der Waals surface area contributed by atoms with Gasteiger partial charge in [-0.25, -0.2) is 0 Å². The molecule has 0 spiro atoms. The maximum Gasteiger partial charge on any atom is 0.161 e. The summed E-state index contributed by atoms with van der Waals surface area (Å²) < 4.78 is 5.95. The predicted octanol–water partition coefficient (Wildman–Crippen LogP) is 2.08. The lowest BCUT2D eigenvalue weighted by Gasteiger charge is -2.33. The van der Waals surface area contributed by atoms with Crippen LogP contribution in [0.2, 0.25) is 0 Å². The summed E-state index contributed by atoms with van der Waals surface area (Å²) in [4.78, 5) is 0. The van der Waals surface area contributed by atoms with Gasteiger partial charge >= 0.3 is 0 Å². The molecule has 1 heterocycles. The van der Waals surface area contributed by atoms with E-state index in [1.165, 1.54) is 6.07 Å². The van der Waals surface area contributed by atoms with Crippen LogP contribution in [-0.2, 0) is 11.2 Å². The van der Waals surface area contributed by atoms with E-state index in [9.17, 15) is 10.2 Å². The smallest absolute Gasteiger partial charge is 0.161 e. The number of hydrogen-bond acceptors (Lipinski definition) is 4. The molecule has 100 valence electrons. The summed E-state index contributed by atoms with van der Waals surface area (Å²) in [7, 11) is 0. The van der Waals surface area contributed by atoms with Crippen molar-refractivity contribution in [1.82, 2.24) is 0 Å². The Hall–Kier alpha value is -1.26. The molecule has 0 aromatic heterocycles. The molecule has 0 radical (unpaired) electrons. The Balaban J connectivity index is 2.33. The van der Waals surface area contributed by atoms with Crippen LogP contribution in [-0.4, -0.2) is 22.9 Å². The standard InChI is InChI=1S/C14H21NO3/c1-8(2)5-9-6-11-10(13(7-15)18-9)3-4-12(16)14(11)17/h3-4,8-9,13,16-17H,5-7,15H2,1-2H3. The van der Waals surface area contributed by atoms with Gasteiger partial charge in [0.25, 0.3) is 0 Å². The first kappa shape index (κ1) is 13.2. The Labute approximate surface area is 107 Å². The van der Waals surface area contributed by atoms with Crippen molar-refractivity contribution in [3.8, 4) is 11.5 Å². The van der Waals surface area contributed by atoms with Gasteiger partial charge in [-0.15, -0.1) is 0 Å². The van der Waals surface area contributed by atoms with Crippen molar-refractivity contribution in [2.45, 2.75) is 38.9 Å². The van der Waals surface area contributed by atoms with Gasteiger partial charge in [-0.1, -0.05) is 19.9 Å². The number of rotatable bonds is 3. The monoisotopic (exact) mass is 251 g/mol. The van der Waals surface area contributed by atoms with Gasteiger partial charge in [0, 0.05) is 18.5 Å². The SMILES string of the molecule is CC(C)CC1Cc2c(ccc(O)c2O)C(CN)O1. The van der Waals surface area contributed by atoms with Crippen LogP contribution in [0.15, 0.2) is 12.1 Å². The Kier molecular flexibility index (Phi) is 3.78. The number of ether oxygens (including phenoxy) is 1. The molecule has 1 aliphatic rings. The third-order valence-electron chi connectivity index (χ3n) is 3.38. The van der Waals surface area contributed by atoms with Gasteiger partial charge in [0.2, 0.25) is 0 Å². The molecule has 1 aliphatic heterocycles. The average molecular weight is 251 g/mol. The van der Waals surface area contributed by atoms with E-state index in [0.29, 0.717) is 18.9 Å². The minimum Gasteiger partial charge on any atom is -0.504 e. The number of fused-ring (bicyclic) bond motifs is 1. The van der Waals surface area contributed by atoms with Crippen LogP contribution >= 0.6 is 0 Å². The Bertz CT molecular complexity index is 431. The highest BCUT2D eigenvalue weighted by Crippen LogP contribution is 2.40. The van der Waals surface area contributed by atoms with Crippen molar-refractivity contribution in [1.29, 1.82) is 0 Å². The molecule has 0 amide bonds. The van der Waals surface area contributed by atoms with Crippen molar-refractivity contribution in [3.05, 3.63) is 23.3 Å². The Morgan fingerprint density at radius 3 is 2.72 bits per heavy atom. The number of phenols is 2. The molecule has 2 rings (SSSR count). The maximum absolute atomic E-state index is 9.96. The van der Waals surface area contributed by atoms with Crippen molar-refractivity contribution in [2.24, 2.45) is 11.7 Å². The van der Waals surface area contributed by atoms with Crippen LogP contribution in [0.25, 0.3) is 0 Å². The Morgan fingerprint density at radius 2 is 2.11 bits per heavy atom. The van der Waals surface area contributed by atoms with Crippen LogP contribution < -0.4 is 5.73 Å². The molecule has 4 N–H and O–H groups in total. The van der Waals surface area contributed by atoms with Gasteiger partial charge in [-0.3, -0.25) is 0 Å². The van der Waals surface area contributed by atoms with E-state index in [2.05, 4.69) is 13.8 Å². The highest BCUT2D eigenvalue weighted by Gasteiger charge is 2.29. The minimum atomic E-state index is -0.191. The van der Waals surface area contributed by atoms with Crippen LogP contribution in [0.5, 0.6) is 11.5 Å². The quantitative estimate of drug-likeness (QED) is 0.719. The first-order valence-electron chi connectivity index (χ1n) is 6.42. The van der Waals surface area contributed by atoms with Crippen LogP contribution in [0.3, 0.4) is 0 Å². The van der Waals surface area contributed by atoms with Gasteiger partial charge in [0.15, 0.2) is 11.5 Å². The van der Waals surface area contributed by atoms with E-state index in [1.54, 1.807) is 6.07 Å². The fourth-order valence-electron chi connectivity index (χ4n) is 2.58. The largest absolute Gasteiger partial charge is 0.504 e. The van der Waals surface area contributed by atoms with E-state index in [0.717, 1.165) is 17.5 Å². The summed E-state index contributed by atoms with van der Waals surface area (Å²) in [6, 6.07) is 3.27. The molecule has 1 aromatic carbocycles. The molecule has 1 aromatic rings. The number of nitrogens with two attached hydrogens (primary N) is 1. The van der Waals surface area contributed by atoms with E-state index in [-0.39, 0.29) is 23.7 Å². The van der Waals surface area contributed by atoms with Gasteiger partial charge in [0.1, 0.15) is 0 Å². The van der Waals surface area contributed by atoms with Crippen LogP contribution in [0, 0.1) is 5.92 Å². The molecule has 18 heavy (non-hydrogen) atoms. The number of aromatic hydroxyl groups is 2.